The second kappa shape index (κ2) is 5.10. The van der Waals surface area contributed by atoms with Gasteiger partial charge in [-0.2, -0.15) is 0 Å². The summed E-state index contributed by atoms with van der Waals surface area (Å²) < 4.78 is 1.62. The summed E-state index contributed by atoms with van der Waals surface area (Å²) in [4.78, 5) is 22.8. The van der Waals surface area contributed by atoms with E-state index in [4.69, 9.17) is 5.11 Å². The van der Waals surface area contributed by atoms with Crippen molar-refractivity contribution >= 4 is 5.97 Å². The maximum Gasteiger partial charge on any atom is 0.335 e. The summed E-state index contributed by atoms with van der Waals surface area (Å²) >= 11 is 0. The lowest BCUT2D eigenvalue weighted by atomic mass is 10.0. The van der Waals surface area contributed by atoms with Gasteiger partial charge < -0.3 is 9.67 Å². The molecule has 2 aromatic rings. The Balaban J connectivity index is 2.36. The Kier molecular flexibility index (Phi) is 3.51. The minimum absolute atomic E-state index is 0.0239. The number of aromatic nitrogens is 1. The fraction of sp³-hybridized carbons (Fsp3) is 0.200. The maximum atomic E-state index is 11.9. The summed E-state index contributed by atoms with van der Waals surface area (Å²) in [5.41, 5.74) is 2.75. The highest BCUT2D eigenvalue weighted by atomic mass is 16.4. The Morgan fingerprint density at radius 2 is 1.95 bits per heavy atom. The molecule has 1 aromatic carbocycles. The summed E-state index contributed by atoms with van der Waals surface area (Å²) in [5, 5.41) is 8.92. The summed E-state index contributed by atoms with van der Waals surface area (Å²) in [7, 11) is 0. The summed E-state index contributed by atoms with van der Waals surface area (Å²) in [5.74, 6) is -0.942. The van der Waals surface area contributed by atoms with E-state index < -0.39 is 5.97 Å². The third-order valence-corrected chi connectivity index (χ3v) is 3.14. The number of hydrogen-bond acceptors (Lipinski definition) is 2. The van der Waals surface area contributed by atoms with E-state index in [-0.39, 0.29) is 11.1 Å². The molecule has 1 aromatic heterocycles. The zero-order chi connectivity index (χ0) is 14.0. The molecule has 0 fully saturated rings. The third kappa shape index (κ3) is 2.73. The van der Waals surface area contributed by atoms with Crippen molar-refractivity contribution in [2.24, 2.45) is 0 Å². The molecule has 19 heavy (non-hydrogen) atoms. The molecule has 0 aliphatic heterocycles. The number of aryl methyl sites for hydroxylation is 2. The molecule has 0 atom stereocenters. The monoisotopic (exact) mass is 257 g/mol. The quantitative estimate of drug-likeness (QED) is 0.917. The molecule has 1 heterocycles. The van der Waals surface area contributed by atoms with Crippen LogP contribution in [0.15, 0.2) is 41.3 Å². The zero-order valence-electron chi connectivity index (χ0n) is 10.9. The van der Waals surface area contributed by atoms with Gasteiger partial charge in [-0.05, 0) is 43.2 Å². The predicted molar refractivity (Wildman–Crippen MR) is 72.7 cm³/mol. The standard InChI is InChI=1S/C15H15NO3/c1-10-4-3-7-16(14(10)17)9-13-6-5-12(15(18)19)8-11(13)2/h3-8H,9H2,1-2H3,(H,18,19). The van der Waals surface area contributed by atoms with Gasteiger partial charge in [0, 0.05) is 11.8 Å². The average Bonchev–Trinajstić information content (AvgIpc) is 2.37. The zero-order valence-corrected chi connectivity index (χ0v) is 10.9. The van der Waals surface area contributed by atoms with Crippen molar-refractivity contribution in [2.75, 3.05) is 0 Å². The van der Waals surface area contributed by atoms with Crippen molar-refractivity contribution in [3.05, 3.63) is 69.1 Å². The summed E-state index contributed by atoms with van der Waals surface area (Å²) in [6, 6.07) is 8.55. The van der Waals surface area contributed by atoms with Crippen LogP contribution in [0.1, 0.15) is 27.0 Å². The number of hydrogen-bond donors (Lipinski definition) is 1. The number of pyridine rings is 1. The van der Waals surface area contributed by atoms with Crippen LogP contribution in [0.5, 0.6) is 0 Å². The molecule has 0 saturated carbocycles. The van der Waals surface area contributed by atoms with Gasteiger partial charge in [-0.1, -0.05) is 12.1 Å². The van der Waals surface area contributed by atoms with Gasteiger partial charge in [0.15, 0.2) is 0 Å². The van der Waals surface area contributed by atoms with Gasteiger partial charge in [-0.3, -0.25) is 4.79 Å². The van der Waals surface area contributed by atoms with E-state index in [1.54, 1.807) is 42.0 Å². The first-order chi connectivity index (χ1) is 8.99. The van der Waals surface area contributed by atoms with Crippen LogP contribution in [0.4, 0.5) is 0 Å². The maximum absolute atomic E-state index is 11.9. The van der Waals surface area contributed by atoms with Crippen molar-refractivity contribution in [2.45, 2.75) is 20.4 Å². The number of carboxylic acid groups (broad SMARTS) is 1. The van der Waals surface area contributed by atoms with Crippen LogP contribution in [-0.2, 0) is 6.54 Å². The average molecular weight is 257 g/mol. The SMILES string of the molecule is Cc1cc(C(=O)O)ccc1Cn1cccc(C)c1=O. The van der Waals surface area contributed by atoms with E-state index in [9.17, 15) is 9.59 Å². The first kappa shape index (κ1) is 13.1. The van der Waals surface area contributed by atoms with E-state index in [2.05, 4.69) is 0 Å². The number of carbonyl (C=O) groups is 1. The van der Waals surface area contributed by atoms with Crippen molar-refractivity contribution < 1.29 is 9.90 Å². The van der Waals surface area contributed by atoms with E-state index in [1.807, 2.05) is 13.0 Å². The molecule has 0 unspecified atom stereocenters. The van der Waals surface area contributed by atoms with E-state index >= 15 is 0 Å². The molecule has 4 nitrogen and oxygen atoms in total. The molecule has 1 N–H and O–H groups in total. The molecule has 4 heteroatoms. The molecule has 0 radical (unpaired) electrons. The molecule has 0 aliphatic rings. The topological polar surface area (TPSA) is 59.3 Å². The highest BCUT2D eigenvalue weighted by Crippen LogP contribution is 2.12. The molecule has 0 aliphatic carbocycles. The minimum atomic E-state index is -0.942. The van der Waals surface area contributed by atoms with Gasteiger partial charge in [0.1, 0.15) is 0 Å². The van der Waals surface area contributed by atoms with E-state index in [1.165, 1.54) is 0 Å². The van der Waals surface area contributed by atoms with Crippen LogP contribution in [0.2, 0.25) is 0 Å². The summed E-state index contributed by atoms with van der Waals surface area (Å²) in [6.07, 6.45) is 1.74. The normalized spacial score (nSPS) is 10.4. The molecule has 0 bridgehead atoms. The van der Waals surface area contributed by atoms with Crippen LogP contribution in [0, 0.1) is 13.8 Å². The number of nitrogens with zero attached hydrogens (tertiary/aromatic N) is 1. The van der Waals surface area contributed by atoms with Gasteiger partial charge in [0.2, 0.25) is 0 Å². The minimum Gasteiger partial charge on any atom is -0.478 e. The van der Waals surface area contributed by atoms with Gasteiger partial charge >= 0.3 is 5.97 Å². The highest BCUT2D eigenvalue weighted by Gasteiger charge is 2.07. The van der Waals surface area contributed by atoms with Crippen LogP contribution in [-0.4, -0.2) is 15.6 Å². The Hall–Kier alpha value is -2.36. The van der Waals surface area contributed by atoms with Crippen LogP contribution < -0.4 is 5.56 Å². The fourth-order valence-electron chi connectivity index (χ4n) is 1.97. The van der Waals surface area contributed by atoms with Gasteiger partial charge in [-0.25, -0.2) is 4.79 Å². The Labute approximate surface area is 110 Å². The van der Waals surface area contributed by atoms with E-state index in [0.29, 0.717) is 12.1 Å². The molecule has 0 spiro atoms. The van der Waals surface area contributed by atoms with E-state index in [0.717, 1.165) is 11.1 Å². The smallest absolute Gasteiger partial charge is 0.335 e. The predicted octanol–water partition coefficient (Wildman–Crippen LogP) is 2.21. The van der Waals surface area contributed by atoms with Gasteiger partial charge in [0.25, 0.3) is 5.56 Å². The van der Waals surface area contributed by atoms with Crippen LogP contribution >= 0.6 is 0 Å². The number of rotatable bonds is 3. The fourth-order valence-corrected chi connectivity index (χ4v) is 1.97. The van der Waals surface area contributed by atoms with Crippen molar-refractivity contribution in [3.63, 3.8) is 0 Å². The first-order valence-electron chi connectivity index (χ1n) is 5.98. The number of aromatic carboxylic acids is 1. The highest BCUT2D eigenvalue weighted by molar-refractivity contribution is 5.87. The Morgan fingerprint density at radius 1 is 1.21 bits per heavy atom. The number of benzene rings is 1. The molecule has 2 rings (SSSR count). The first-order valence-corrected chi connectivity index (χ1v) is 5.98. The lowest BCUT2D eigenvalue weighted by Gasteiger charge is -2.10. The third-order valence-electron chi connectivity index (χ3n) is 3.14. The van der Waals surface area contributed by atoms with Crippen molar-refractivity contribution in [3.8, 4) is 0 Å². The lowest BCUT2D eigenvalue weighted by Crippen LogP contribution is -2.22. The van der Waals surface area contributed by atoms with Gasteiger partial charge in [0.05, 0.1) is 12.1 Å². The van der Waals surface area contributed by atoms with Crippen molar-refractivity contribution in [1.29, 1.82) is 0 Å². The molecule has 0 saturated heterocycles. The molecule has 98 valence electrons. The molecular formula is C15H15NO3. The van der Waals surface area contributed by atoms with Crippen LogP contribution in [0.25, 0.3) is 0 Å². The molecule has 0 amide bonds. The largest absolute Gasteiger partial charge is 0.478 e. The molecular weight excluding hydrogens is 242 g/mol. The Bertz CT molecular complexity index is 686. The van der Waals surface area contributed by atoms with Gasteiger partial charge in [-0.15, -0.1) is 0 Å². The lowest BCUT2D eigenvalue weighted by molar-refractivity contribution is 0.0697. The second-order valence-electron chi connectivity index (χ2n) is 4.57. The number of carboxylic acids is 1. The van der Waals surface area contributed by atoms with Crippen LogP contribution in [0.3, 0.4) is 0 Å². The second-order valence-corrected chi connectivity index (χ2v) is 4.57. The van der Waals surface area contributed by atoms with Crippen molar-refractivity contribution in [1.82, 2.24) is 4.57 Å². The Morgan fingerprint density at radius 3 is 2.58 bits per heavy atom. The summed E-state index contributed by atoms with van der Waals surface area (Å²) in [6.45, 7) is 4.08.